The van der Waals surface area contributed by atoms with Gasteiger partial charge in [0.1, 0.15) is 0 Å². The van der Waals surface area contributed by atoms with Crippen molar-refractivity contribution in [3.05, 3.63) is 95.7 Å². The Balaban J connectivity index is 1.62. The number of fused-ring (bicyclic) bond motifs is 1. The van der Waals surface area contributed by atoms with Gasteiger partial charge in [-0.05, 0) is 0 Å². The number of benzene rings is 1. The summed E-state index contributed by atoms with van der Waals surface area (Å²) in [6.45, 7) is 0. The van der Waals surface area contributed by atoms with Gasteiger partial charge in [-0.1, -0.05) is 0 Å². The van der Waals surface area contributed by atoms with Crippen LogP contribution < -0.4 is 5.32 Å². The molecule has 2 nitrogen and oxygen atoms in total. The quantitative estimate of drug-likeness (QED) is 0.326. The van der Waals surface area contributed by atoms with Crippen molar-refractivity contribution in [3.8, 4) is 11.3 Å². The van der Waals surface area contributed by atoms with Crippen LogP contribution in [-0.2, 0) is 24.3 Å². The molecular weight excluding hydrogens is 589 g/mol. The number of nitrogens with one attached hydrogen (secondary N) is 1. The minimum absolute atomic E-state index is 0.0662. The first kappa shape index (κ1) is 21.4. The van der Waals surface area contributed by atoms with Gasteiger partial charge in [-0.2, -0.15) is 0 Å². The first-order chi connectivity index (χ1) is 14.7. The summed E-state index contributed by atoms with van der Waals surface area (Å²) in [6, 6.07) is 12.6. The number of rotatable bonds is 4. The Kier molecular flexibility index (Phi) is 5.77. The van der Waals surface area contributed by atoms with Crippen molar-refractivity contribution in [2.24, 2.45) is 0 Å². The zero-order chi connectivity index (χ0) is 22.2. The van der Waals surface area contributed by atoms with Crippen molar-refractivity contribution < 1.29 is 40.1 Å². The van der Waals surface area contributed by atoms with E-state index in [1.807, 2.05) is 0 Å². The number of anilines is 1. The number of hydrogen-bond acceptors (Lipinski definition) is 1. The average molecular weight is 605 g/mol. The Morgan fingerprint density at radius 3 is 2.48 bits per heavy atom. The van der Waals surface area contributed by atoms with Gasteiger partial charge in [0.25, 0.3) is 0 Å². The molecule has 1 aromatic carbocycles. The van der Waals surface area contributed by atoms with Crippen LogP contribution in [-0.4, -0.2) is 8.59 Å². The molecule has 3 aromatic rings. The fourth-order valence-electron chi connectivity index (χ4n) is 3.35. The standard InChI is InChI=1S/C23H15F5N2.Os/c24-20-6-3-4-15(12-21(20)25)14-29-17-9-7-16(8-10-17)22-19(23(26,27)28)13-18-5-1-2-11-30(18)22;/h1-11,13,29H,12H2;. The van der Waals surface area contributed by atoms with Crippen molar-refractivity contribution in [2.75, 3.05) is 5.32 Å². The molecule has 0 amide bonds. The SMILES string of the molecule is FC1=C(F)CC([C](=[Os])Nc2ccc(-c3c(C(F)(F)F)cc4ccccn34)cc2)=CC=C1. The molecule has 0 fully saturated rings. The third kappa shape index (κ3) is 4.45. The fourth-order valence-corrected chi connectivity index (χ4v) is 4.15. The first-order valence-electron chi connectivity index (χ1n) is 9.22. The number of pyridine rings is 1. The second-order valence-corrected chi connectivity index (χ2v) is 8.15. The van der Waals surface area contributed by atoms with Gasteiger partial charge < -0.3 is 0 Å². The van der Waals surface area contributed by atoms with Crippen LogP contribution in [0.4, 0.5) is 27.6 Å². The summed E-state index contributed by atoms with van der Waals surface area (Å²) in [5, 5.41) is 3.12. The molecule has 0 aliphatic heterocycles. The van der Waals surface area contributed by atoms with E-state index in [9.17, 15) is 22.0 Å². The molecule has 8 heteroatoms. The van der Waals surface area contributed by atoms with Crippen molar-refractivity contribution >= 4 is 15.4 Å². The van der Waals surface area contributed by atoms with E-state index in [4.69, 9.17) is 0 Å². The Morgan fingerprint density at radius 1 is 1.03 bits per heavy atom. The second-order valence-electron chi connectivity index (χ2n) is 6.88. The molecule has 31 heavy (non-hydrogen) atoms. The zero-order valence-corrected chi connectivity index (χ0v) is 18.4. The van der Waals surface area contributed by atoms with Gasteiger partial charge in [0.15, 0.2) is 0 Å². The fraction of sp³-hybridized carbons (Fsp3) is 0.0870. The molecule has 0 spiro atoms. The number of aromatic nitrogens is 1. The molecule has 0 radical (unpaired) electrons. The van der Waals surface area contributed by atoms with Crippen LogP contribution in [0.2, 0.25) is 0 Å². The van der Waals surface area contributed by atoms with E-state index in [1.54, 1.807) is 54.7 Å². The van der Waals surface area contributed by atoms with Gasteiger partial charge in [-0.3, -0.25) is 0 Å². The Labute approximate surface area is 184 Å². The van der Waals surface area contributed by atoms with E-state index >= 15 is 0 Å². The van der Waals surface area contributed by atoms with E-state index in [0.717, 1.165) is 12.1 Å². The van der Waals surface area contributed by atoms with Crippen LogP contribution in [0.3, 0.4) is 0 Å². The molecule has 4 rings (SSSR count). The van der Waals surface area contributed by atoms with Crippen molar-refractivity contribution in [2.45, 2.75) is 12.6 Å². The molecule has 0 unspecified atom stereocenters. The maximum absolute atomic E-state index is 13.7. The molecule has 2 aromatic heterocycles. The van der Waals surface area contributed by atoms with Crippen LogP contribution >= 0.6 is 0 Å². The monoisotopic (exact) mass is 606 g/mol. The number of alkyl halides is 3. The molecule has 0 saturated heterocycles. The van der Waals surface area contributed by atoms with E-state index < -0.39 is 23.4 Å². The minimum atomic E-state index is -4.49. The third-order valence-electron chi connectivity index (χ3n) is 4.81. The molecule has 0 bridgehead atoms. The molecule has 0 atom stereocenters. The van der Waals surface area contributed by atoms with Crippen LogP contribution in [0, 0.1) is 0 Å². The van der Waals surface area contributed by atoms with Gasteiger partial charge in [-0.15, -0.1) is 0 Å². The second kappa shape index (κ2) is 8.35. The number of halogens is 5. The molecule has 1 aliphatic carbocycles. The predicted octanol–water partition coefficient (Wildman–Crippen LogP) is 6.75. The predicted molar refractivity (Wildman–Crippen MR) is 108 cm³/mol. The van der Waals surface area contributed by atoms with Gasteiger partial charge in [0.05, 0.1) is 0 Å². The van der Waals surface area contributed by atoms with Crippen LogP contribution in [0.15, 0.2) is 90.2 Å². The van der Waals surface area contributed by atoms with E-state index in [-0.39, 0.29) is 12.1 Å². The molecule has 160 valence electrons. The summed E-state index contributed by atoms with van der Waals surface area (Å²) in [5.41, 5.74) is 1.44. The van der Waals surface area contributed by atoms with Gasteiger partial charge >= 0.3 is 185 Å². The van der Waals surface area contributed by atoms with Crippen LogP contribution in [0.1, 0.15) is 12.0 Å². The first-order valence-corrected chi connectivity index (χ1v) is 10.5. The van der Waals surface area contributed by atoms with Crippen molar-refractivity contribution in [3.63, 3.8) is 0 Å². The Bertz CT molecular complexity index is 1250. The summed E-state index contributed by atoms with van der Waals surface area (Å²) in [4.78, 5) is 0. The van der Waals surface area contributed by atoms with Gasteiger partial charge in [-0.25, -0.2) is 0 Å². The maximum atomic E-state index is 13.7. The molecule has 2 heterocycles. The van der Waals surface area contributed by atoms with E-state index in [1.165, 1.54) is 28.6 Å². The molecule has 0 saturated carbocycles. The summed E-state index contributed by atoms with van der Waals surface area (Å²) < 4.78 is 70.1. The Hall–Kier alpha value is -2.84. The molecule has 1 aliphatic rings. The van der Waals surface area contributed by atoms with E-state index in [2.05, 4.69) is 5.32 Å². The molecule has 1 N–H and O–H groups in total. The third-order valence-corrected chi connectivity index (χ3v) is 5.95. The van der Waals surface area contributed by atoms with Crippen molar-refractivity contribution in [1.29, 1.82) is 0 Å². The topological polar surface area (TPSA) is 16.4 Å². The number of allylic oxidation sites excluding steroid dienone is 5. The Morgan fingerprint density at radius 2 is 1.77 bits per heavy atom. The van der Waals surface area contributed by atoms with Crippen LogP contribution in [0.5, 0.6) is 0 Å². The summed E-state index contributed by atoms with van der Waals surface area (Å²) in [7, 11) is 0. The summed E-state index contributed by atoms with van der Waals surface area (Å²) in [6.07, 6.45) is 1.06. The number of nitrogens with zero attached hydrogens (tertiary/aromatic N) is 1. The van der Waals surface area contributed by atoms with Crippen LogP contribution in [0.25, 0.3) is 16.8 Å². The summed E-state index contributed by atoms with van der Waals surface area (Å²) in [5.74, 6) is -1.74. The van der Waals surface area contributed by atoms with Gasteiger partial charge in [0.2, 0.25) is 0 Å². The normalized spacial score (nSPS) is 14.6. The summed E-state index contributed by atoms with van der Waals surface area (Å²) >= 11 is 1.49. The molecular formula is C23H15F5N2Os. The number of hydrogen-bond donors (Lipinski definition) is 1. The van der Waals surface area contributed by atoms with Gasteiger partial charge in [0, 0.05) is 0 Å². The van der Waals surface area contributed by atoms with Crippen molar-refractivity contribution in [1.82, 2.24) is 4.40 Å². The average Bonchev–Trinajstić information content (AvgIpc) is 3.05. The zero-order valence-electron chi connectivity index (χ0n) is 15.8. The van der Waals surface area contributed by atoms with E-state index in [0.29, 0.717) is 26.5 Å².